The average molecular weight is 387 g/mol. The maximum absolute atomic E-state index is 12.6. The van der Waals surface area contributed by atoms with Gasteiger partial charge in [0.05, 0.1) is 6.61 Å². The molecule has 0 aliphatic rings. The Morgan fingerprint density at radius 2 is 1.89 bits per heavy atom. The topological polar surface area (TPSA) is 85.6 Å². The molecule has 1 N–H and O–H groups in total. The highest BCUT2D eigenvalue weighted by molar-refractivity contribution is 7.90. The number of carbonyl (C=O) groups excluding carboxylic acids is 1. The molecule has 3 rings (SSSR count). The summed E-state index contributed by atoms with van der Waals surface area (Å²) in [6.07, 6.45) is 0. The van der Waals surface area contributed by atoms with Gasteiger partial charge < -0.3 is 9.15 Å². The normalized spacial score (nSPS) is 11.7. The monoisotopic (exact) mass is 387 g/mol. The molecule has 1 heterocycles. The van der Waals surface area contributed by atoms with Crippen LogP contribution in [0, 0.1) is 0 Å². The van der Waals surface area contributed by atoms with Gasteiger partial charge in [0.2, 0.25) is 0 Å². The van der Waals surface area contributed by atoms with E-state index in [4.69, 9.17) is 9.15 Å². The Morgan fingerprint density at radius 1 is 1.15 bits per heavy atom. The van der Waals surface area contributed by atoms with Crippen LogP contribution in [0.25, 0.3) is 11.0 Å². The first-order valence-electron chi connectivity index (χ1n) is 8.64. The molecule has 1 amide bonds. The number of rotatable bonds is 6. The second-order valence-corrected chi connectivity index (χ2v) is 8.03. The number of benzene rings is 2. The van der Waals surface area contributed by atoms with Crippen LogP contribution >= 0.6 is 0 Å². The van der Waals surface area contributed by atoms with Crippen LogP contribution in [0.5, 0.6) is 5.75 Å². The van der Waals surface area contributed by atoms with E-state index < -0.39 is 15.9 Å². The van der Waals surface area contributed by atoms with Crippen LogP contribution in [-0.2, 0) is 10.0 Å². The number of ether oxygens (including phenoxy) is 1. The van der Waals surface area contributed by atoms with Crippen molar-refractivity contribution in [3.8, 4) is 5.75 Å². The number of furan rings is 1. The molecule has 2 aromatic carbocycles. The number of amides is 1. The Kier molecular flexibility index (Phi) is 5.23. The molecule has 7 heteroatoms. The van der Waals surface area contributed by atoms with Crippen LogP contribution in [0.15, 0.2) is 57.8 Å². The fourth-order valence-corrected chi connectivity index (χ4v) is 3.80. The SMILES string of the molecule is CCOc1ccccc1S(=O)(=O)NC(=O)c1cc2ccc(C(C)C)cc2o1. The Bertz CT molecular complexity index is 1080. The van der Waals surface area contributed by atoms with Crippen LogP contribution in [0.4, 0.5) is 0 Å². The third kappa shape index (κ3) is 3.98. The molecular formula is C20H21NO5S. The van der Waals surface area contributed by atoms with Gasteiger partial charge in [-0.25, -0.2) is 13.1 Å². The van der Waals surface area contributed by atoms with Gasteiger partial charge in [-0.2, -0.15) is 0 Å². The lowest BCUT2D eigenvalue weighted by molar-refractivity contribution is 0.0956. The van der Waals surface area contributed by atoms with E-state index in [1.54, 1.807) is 19.1 Å². The van der Waals surface area contributed by atoms with Crippen molar-refractivity contribution in [1.29, 1.82) is 0 Å². The van der Waals surface area contributed by atoms with Crippen molar-refractivity contribution in [1.82, 2.24) is 4.72 Å². The fraction of sp³-hybridized carbons (Fsp3) is 0.250. The first-order valence-corrected chi connectivity index (χ1v) is 10.1. The summed E-state index contributed by atoms with van der Waals surface area (Å²) in [6, 6.07) is 13.3. The Labute approximate surface area is 158 Å². The van der Waals surface area contributed by atoms with Crippen molar-refractivity contribution in [2.24, 2.45) is 0 Å². The lowest BCUT2D eigenvalue weighted by Gasteiger charge is -2.10. The van der Waals surface area contributed by atoms with Crippen LogP contribution in [-0.4, -0.2) is 20.9 Å². The van der Waals surface area contributed by atoms with E-state index in [1.165, 1.54) is 18.2 Å². The predicted octanol–water partition coefficient (Wildman–Crippen LogP) is 4.07. The van der Waals surface area contributed by atoms with E-state index in [2.05, 4.69) is 13.8 Å². The van der Waals surface area contributed by atoms with Gasteiger partial charge in [0.1, 0.15) is 16.2 Å². The van der Waals surface area contributed by atoms with Crippen LogP contribution in [0.2, 0.25) is 0 Å². The van der Waals surface area contributed by atoms with Crippen LogP contribution < -0.4 is 9.46 Å². The maximum atomic E-state index is 12.6. The fourth-order valence-electron chi connectivity index (χ4n) is 2.69. The number of para-hydroxylation sites is 1. The molecule has 0 saturated heterocycles. The van der Waals surface area contributed by atoms with Gasteiger partial charge in [0.25, 0.3) is 10.0 Å². The molecule has 142 valence electrons. The summed E-state index contributed by atoms with van der Waals surface area (Å²) < 4.78 is 38.2. The zero-order chi connectivity index (χ0) is 19.6. The average Bonchev–Trinajstić information content (AvgIpc) is 3.05. The van der Waals surface area contributed by atoms with Gasteiger partial charge in [-0.3, -0.25) is 4.79 Å². The largest absolute Gasteiger partial charge is 0.492 e. The second kappa shape index (κ2) is 7.44. The van der Waals surface area contributed by atoms with E-state index in [-0.39, 0.29) is 16.4 Å². The number of fused-ring (bicyclic) bond motifs is 1. The van der Waals surface area contributed by atoms with Gasteiger partial charge in [0.15, 0.2) is 5.76 Å². The summed E-state index contributed by atoms with van der Waals surface area (Å²) in [4.78, 5) is 12.4. The highest BCUT2D eigenvalue weighted by atomic mass is 32.2. The molecule has 0 spiro atoms. The number of hydrogen-bond acceptors (Lipinski definition) is 5. The Balaban J connectivity index is 1.89. The van der Waals surface area contributed by atoms with Crippen molar-refractivity contribution < 1.29 is 22.4 Å². The molecule has 0 unspecified atom stereocenters. The van der Waals surface area contributed by atoms with Gasteiger partial charge in [-0.05, 0) is 42.7 Å². The quantitative estimate of drug-likeness (QED) is 0.689. The summed E-state index contributed by atoms with van der Waals surface area (Å²) >= 11 is 0. The summed E-state index contributed by atoms with van der Waals surface area (Å²) in [6.45, 7) is 6.17. The zero-order valence-corrected chi connectivity index (χ0v) is 16.2. The van der Waals surface area contributed by atoms with Crippen molar-refractivity contribution in [3.63, 3.8) is 0 Å². The first-order chi connectivity index (χ1) is 12.8. The zero-order valence-electron chi connectivity index (χ0n) is 15.4. The summed E-state index contributed by atoms with van der Waals surface area (Å²) in [5.41, 5.74) is 1.61. The Morgan fingerprint density at radius 3 is 2.59 bits per heavy atom. The molecule has 27 heavy (non-hydrogen) atoms. The molecule has 0 fully saturated rings. The van der Waals surface area contributed by atoms with E-state index in [0.29, 0.717) is 18.1 Å². The van der Waals surface area contributed by atoms with Crippen molar-refractivity contribution in [2.45, 2.75) is 31.6 Å². The number of nitrogens with one attached hydrogen (secondary N) is 1. The van der Waals surface area contributed by atoms with Gasteiger partial charge in [-0.15, -0.1) is 0 Å². The van der Waals surface area contributed by atoms with E-state index in [0.717, 1.165) is 10.9 Å². The number of sulfonamides is 1. The lowest BCUT2D eigenvalue weighted by Crippen LogP contribution is -2.30. The third-order valence-electron chi connectivity index (χ3n) is 4.10. The van der Waals surface area contributed by atoms with E-state index in [1.807, 2.05) is 22.9 Å². The minimum Gasteiger partial charge on any atom is -0.492 e. The standard InChI is InChI=1S/C20H21NO5S/c1-4-25-16-7-5-6-8-19(16)27(23,24)21-20(22)18-12-15-10-9-14(13(2)3)11-17(15)26-18/h5-13H,4H2,1-3H3,(H,21,22). The van der Waals surface area contributed by atoms with Crippen molar-refractivity contribution >= 4 is 26.9 Å². The molecule has 0 bridgehead atoms. The minimum absolute atomic E-state index is 0.0663. The molecule has 0 saturated carbocycles. The molecular weight excluding hydrogens is 366 g/mol. The van der Waals surface area contributed by atoms with Crippen molar-refractivity contribution in [3.05, 3.63) is 59.9 Å². The second-order valence-electron chi connectivity index (χ2n) is 6.38. The smallest absolute Gasteiger partial charge is 0.300 e. The third-order valence-corrected chi connectivity index (χ3v) is 5.47. The lowest BCUT2D eigenvalue weighted by atomic mass is 10.0. The van der Waals surface area contributed by atoms with Crippen molar-refractivity contribution in [2.75, 3.05) is 6.61 Å². The van der Waals surface area contributed by atoms with Gasteiger partial charge in [-0.1, -0.05) is 38.1 Å². The van der Waals surface area contributed by atoms with Crippen LogP contribution in [0.3, 0.4) is 0 Å². The van der Waals surface area contributed by atoms with E-state index >= 15 is 0 Å². The molecule has 1 aromatic heterocycles. The predicted molar refractivity (Wildman–Crippen MR) is 103 cm³/mol. The first kappa shape index (κ1) is 19.0. The summed E-state index contributed by atoms with van der Waals surface area (Å²) in [7, 11) is -4.10. The highest BCUT2D eigenvalue weighted by Crippen LogP contribution is 2.26. The Hall–Kier alpha value is -2.80. The number of hydrogen-bond donors (Lipinski definition) is 1. The molecule has 6 nitrogen and oxygen atoms in total. The summed E-state index contributed by atoms with van der Waals surface area (Å²) in [5, 5.41) is 0.733. The molecule has 3 aromatic rings. The van der Waals surface area contributed by atoms with Gasteiger partial charge >= 0.3 is 5.91 Å². The van der Waals surface area contributed by atoms with E-state index in [9.17, 15) is 13.2 Å². The summed E-state index contributed by atoms with van der Waals surface area (Å²) in [5.74, 6) is -0.398. The number of carbonyl (C=O) groups is 1. The maximum Gasteiger partial charge on any atom is 0.300 e. The molecule has 0 atom stereocenters. The molecule has 0 radical (unpaired) electrons. The highest BCUT2D eigenvalue weighted by Gasteiger charge is 2.24. The minimum atomic E-state index is -4.10. The molecule has 0 aliphatic carbocycles. The van der Waals surface area contributed by atoms with Gasteiger partial charge in [0, 0.05) is 5.39 Å². The molecule has 0 aliphatic heterocycles. The van der Waals surface area contributed by atoms with Crippen LogP contribution in [0.1, 0.15) is 42.8 Å².